The summed E-state index contributed by atoms with van der Waals surface area (Å²) in [7, 11) is -2.26. The normalized spacial score (nSPS) is 11.2. The second-order valence-electron chi connectivity index (χ2n) is 4.60. The van der Waals surface area contributed by atoms with Gasteiger partial charge in [0.1, 0.15) is 23.0 Å². The average Bonchev–Trinajstić information content (AvgIpc) is 2.45. The van der Waals surface area contributed by atoms with Crippen LogP contribution in [-0.4, -0.2) is 15.5 Å². The largest absolute Gasteiger partial charge is 0.496 e. The van der Waals surface area contributed by atoms with Gasteiger partial charge in [-0.05, 0) is 30.7 Å². The lowest BCUT2D eigenvalue weighted by molar-refractivity contribution is 0.289. The van der Waals surface area contributed by atoms with Crippen molar-refractivity contribution in [2.75, 3.05) is 7.11 Å². The van der Waals surface area contributed by atoms with E-state index in [4.69, 9.17) is 14.6 Å². The van der Waals surface area contributed by atoms with Crippen LogP contribution in [0.15, 0.2) is 47.4 Å². The molecule has 0 aromatic heterocycles. The van der Waals surface area contributed by atoms with Gasteiger partial charge in [0.25, 0.3) is 0 Å². The second-order valence-corrected chi connectivity index (χ2v) is 6.13. The van der Waals surface area contributed by atoms with Gasteiger partial charge in [0.2, 0.25) is 10.0 Å². The first-order chi connectivity index (χ1) is 9.91. The summed E-state index contributed by atoms with van der Waals surface area (Å²) in [5.41, 5.74) is 1.62. The van der Waals surface area contributed by atoms with Crippen LogP contribution >= 0.6 is 0 Å². The number of rotatable bonds is 5. The maximum absolute atomic E-state index is 11.6. The predicted molar refractivity (Wildman–Crippen MR) is 79.9 cm³/mol. The molecule has 2 N–H and O–H groups in total. The second kappa shape index (κ2) is 6.15. The van der Waals surface area contributed by atoms with Gasteiger partial charge < -0.3 is 9.47 Å². The summed E-state index contributed by atoms with van der Waals surface area (Å²) in [5, 5.41) is 5.22. The molecular weight excluding hydrogens is 290 g/mol. The predicted octanol–water partition coefficient (Wildman–Crippen LogP) is 2.23. The lowest BCUT2D eigenvalue weighted by atomic mass is 10.2. The Morgan fingerprint density at radius 2 is 1.81 bits per heavy atom. The molecule has 112 valence electrons. The number of hydrogen-bond donors (Lipinski definition) is 1. The Hall–Kier alpha value is -2.05. The molecule has 2 rings (SSSR count). The zero-order valence-electron chi connectivity index (χ0n) is 11.9. The summed E-state index contributed by atoms with van der Waals surface area (Å²) in [6, 6.07) is 12.2. The number of aryl methyl sites for hydroxylation is 1. The van der Waals surface area contributed by atoms with Crippen LogP contribution in [0.3, 0.4) is 0 Å². The Balaban J connectivity index is 2.29. The molecule has 0 saturated carbocycles. The molecule has 0 aliphatic carbocycles. The monoisotopic (exact) mass is 307 g/mol. The number of sulfonamides is 1. The molecule has 5 nitrogen and oxygen atoms in total. The van der Waals surface area contributed by atoms with E-state index < -0.39 is 10.0 Å². The lowest BCUT2D eigenvalue weighted by Crippen LogP contribution is -2.14. The highest BCUT2D eigenvalue weighted by atomic mass is 32.2. The van der Waals surface area contributed by atoms with Gasteiger partial charge in [0, 0.05) is 5.56 Å². The number of benzene rings is 2. The van der Waals surface area contributed by atoms with Crippen LogP contribution in [-0.2, 0) is 16.6 Å². The van der Waals surface area contributed by atoms with Gasteiger partial charge in [-0.2, -0.15) is 0 Å². The van der Waals surface area contributed by atoms with E-state index in [0.717, 1.165) is 11.1 Å². The highest BCUT2D eigenvalue weighted by Gasteiger charge is 2.16. The third-order valence-corrected chi connectivity index (χ3v) is 3.91. The van der Waals surface area contributed by atoms with E-state index in [9.17, 15) is 8.42 Å². The molecule has 0 amide bonds. The van der Waals surface area contributed by atoms with Crippen LogP contribution in [0.1, 0.15) is 11.1 Å². The number of ether oxygens (including phenoxy) is 2. The summed E-state index contributed by atoms with van der Waals surface area (Å²) in [6.45, 7) is 1.98. The molecule has 0 aliphatic heterocycles. The molecule has 21 heavy (non-hydrogen) atoms. The van der Waals surface area contributed by atoms with Crippen LogP contribution in [0.4, 0.5) is 0 Å². The van der Waals surface area contributed by atoms with Crippen molar-refractivity contribution in [3.63, 3.8) is 0 Å². The average molecular weight is 307 g/mol. The van der Waals surface area contributed by atoms with Crippen LogP contribution in [0.5, 0.6) is 11.5 Å². The van der Waals surface area contributed by atoms with E-state index in [-0.39, 0.29) is 17.3 Å². The minimum atomic E-state index is -3.83. The fourth-order valence-corrected chi connectivity index (χ4v) is 2.69. The van der Waals surface area contributed by atoms with Crippen molar-refractivity contribution in [1.29, 1.82) is 0 Å². The van der Waals surface area contributed by atoms with Crippen molar-refractivity contribution in [2.24, 2.45) is 5.14 Å². The van der Waals surface area contributed by atoms with Gasteiger partial charge in [0.15, 0.2) is 0 Å². The van der Waals surface area contributed by atoms with E-state index in [2.05, 4.69) is 0 Å². The summed E-state index contributed by atoms with van der Waals surface area (Å²) >= 11 is 0. The van der Waals surface area contributed by atoms with Crippen LogP contribution in [0.25, 0.3) is 0 Å². The Bertz CT molecular complexity index is 741. The van der Waals surface area contributed by atoms with Crippen molar-refractivity contribution < 1.29 is 17.9 Å². The molecule has 2 aromatic carbocycles. The third-order valence-electron chi connectivity index (χ3n) is 2.98. The Kier molecular flexibility index (Phi) is 4.50. The molecule has 0 heterocycles. The standard InChI is InChI=1S/C15H17NO4S/c1-11-7-8-14(15(9-11)21(16,17)18)20-10-12-5-3-4-6-13(12)19-2/h3-9H,10H2,1-2H3,(H2,16,17,18). The summed E-state index contributed by atoms with van der Waals surface area (Å²) in [4.78, 5) is -0.0163. The number of nitrogens with two attached hydrogens (primary N) is 1. The maximum atomic E-state index is 11.6. The SMILES string of the molecule is COc1ccccc1COc1ccc(C)cc1S(N)(=O)=O. The Labute approximate surface area is 124 Å². The highest BCUT2D eigenvalue weighted by molar-refractivity contribution is 7.89. The lowest BCUT2D eigenvalue weighted by Gasteiger charge is -2.13. The molecule has 0 atom stereocenters. The fraction of sp³-hybridized carbons (Fsp3) is 0.200. The smallest absolute Gasteiger partial charge is 0.241 e. The number of methoxy groups -OCH3 is 1. The number of hydrogen-bond acceptors (Lipinski definition) is 4. The number of primary sulfonamides is 1. The highest BCUT2D eigenvalue weighted by Crippen LogP contribution is 2.26. The molecule has 0 saturated heterocycles. The van der Waals surface area contributed by atoms with Gasteiger partial charge in [-0.3, -0.25) is 0 Å². The first-order valence-electron chi connectivity index (χ1n) is 6.30. The zero-order chi connectivity index (χ0) is 15.5. The van der Waals surface area contributed by atoms with E-state index in [1.54, 1.807) is 26.2 Å². The molecule has 0 spiro atoms. The molecule has 0 fully saturated rings. The van der Waals surface area contributed by atoms with Crippen molar-refractivity contribution >= 4 is 10.0 Å². The molecule has 6 heteroatoms. The van der Waals surface area contributed by atoms with Crippen LogP contribution < -0.4 is 14.6 Å². The summed E-state index contributed by atoms with van der Waals surface area (Å²) in [6.07, 6.45) is 0. The van der Waals surface area contributed by atoms with Crippen molar-refractivity contribution in [1.82, 2.24) is 0 Å². The minimum Gasteiger partial charge on any atom is -0.496 e. The van der Waals surface area contributed by atoms with Crippen molar-refractivity contribution in [3.05, 3.63) is 53.6 Å². The molecule has 0 unspecified atom stereocenters. The van der Waals surface area contributed by atoms with Gasteiger partial charge in [-0.1, -0.05) is 24.3 Å². The van der Waals surface area contributed by atoms with Crippen LogP contribution in [0, 0.1) is 6.92 Å². The van der Waals surface area contributed by atoms with Crippen LogP contribution in [0.2, 0.25) is 0 Å². The van der Waals surface area contributed by atoms with Gasteiger partial charge in [0.05, 0.1) is 7.11 Å². The van der Waals surface area contributed by atoms with E-state index in [1.165, 1.54) is 6.07 Å². The quantitative estimate of drug-likeness (QED) is 0.918. The Morgan fingerprint density at radius 3 is 2.48 bits per heavy atom. The molecule has 0 bridgehead atoms. The van der Waals surface area contributed by atoms with Gasteiger partial charge in [-0.25, -0.2) is 13.6 Å². The van der Waals surface area contributed by atoms with Gasteiger partial charge in [-0.15, -0.1) is 0 Å². The first-order valence-corrected chi connectivity index (χ1v) is 7.84. The molecule has 2 aromatic rings. The molecule has 0 radical (unpaired) electrons. The third kappa shape index (κ3) is 3.74. The number of para-hydroxylation sites is 1. The molecule has 0 aliphatic rings. The summed E-state index contributed by atoms with van der Waals surface area (Å²) in [5.74, 6) is 0.913. The van der Waals surface area contributed by atoms with Crippen molar-refractivity contribution in [3.8, 4) is 11.5 Å². The van der Waals surface area contributed by atoms with Gasteiger partial charge >= 0.3 is 0 Å². The van der Waals surface area contributed by atoms with E-state index in [0.29, 0.717) is 5.75 Å². The summed E-state index contributed by atoms with van der Waals surface area (Å²) < 4.78 is 34.1. The first kappa shape index (κ1) is 15.3. The minimum absolute atomic E-state index is 0.0163. The topological polar surface area (TPSA) is 78.6 Å². The maximum Gasteiger partial charge on any atom is 0.241 e. The fourth-order valence-electron chi connectivity index (χ4n) is 1.93. The van der Waals surface area contributed by atoms with E-state index >= 15 is 0 Å². The Morgan fingerprint density at radius 1 is 1.10 bits per heavy atom. The molecular formula is C15H17NO4S. The van der Waals surface area contributed by atoms with Crippen molar-refractivity contribution in [2.45, 2.75) is 18.4 Å². The zero-order valence-corrected chi connectivity index (χ0v) is 12.7. The van der Waals surface area contributed by atoms with E-state index in [1.807, 2.05) is 24.3 Å².